The summed E-state index contributed by atoms with van der Waals surface area (Å²) in [6, 6.07) is 4.71. The molecule has 1 saturated heterocycles. The molecule has 1 aromatic rings. The molecule has 6 heteroatoms. The molecule has 114 valence electrons. The predicted molar refractivity (Wildman–Crippen MR) is 82.0 cm³/mol. The van der Waals surface area contributed by atoms with Gasteiger partial charge in [0, 0.05) is 18.7 Å². The molecular formula is C15H17Cl2NO3. The van der Waals surface area contributed by atoms with Crippen molar-refractivity contribution in [2.75, 3.05) is 13.1 Å². The number of amides is 1. The first kappa shape index (κ1) is 16.1. The predicted octanol–water partition coefficient (Wildman–Crippen LogP) is 3.71. The first-order valence-corrected chi connectivity index (χ1v) is 7.63. The van der Waals surface area contributed by atoms with E-state index >= 15 is 0 Å². The van der Waals surface area contributed by atoms with Crippen LogP contribution in [0.4, 0.5) is 0 Å². The molecule has 0 saturated carbocycles. The Balaban J connectivity index is 2.22. The van der Waals surface area contributed by atoms with E-state index in [9.17, 15) is 14.7 Å². The van der Waals surface area contributed by atoms with Gasteiger partial charge in [-0.15, -0.1) is 0 Å². The molecule has 1 unspecified atom stereocenters. The average molecular weight is 330 g/mol. The lowest BCUT2D eigenvalue weighted by Crippen LogP contribution is -2.49. The van der Waals surface area contributed by atoms with Gasteiger partial charge in [-0.3, -0.25) is 9.59 Å². The summed E-state index contributed by atoms with van der Waals surface area (Å²) >= 11 is 11.8. The highest BCUT2D eigenvalue weighted by molar-refractivity contribution is 6.42. The smallest absolute Gasteiger partial charge is 0.311 e. The Kier molecular flexibility index (Phi) is 4.79. The van der Waals surface area contributed by atoms with Gasteiger partial charge in [-0.1, -0.05) is 30.1 Å². The van der Waals surface area contributed by atoms with Crippen LogP contribution in [-0.2, 0) is 4.79 Å². The zero-order valence-corrected chi connectivity index (χ0v) is 13.2. The molecule has 1 aliphatic heterocycles. The van der Waals surface area contributed by atoms with Crippen molar-refractivity contribution in [2.24, 2.45) is 5.41 Å². The Hall–Kier alpha value is -1.26. The maximum absolute atomic E-state index is 12.5. The summed E-state index contributed by atoms with van der Waals surface area (Å²) in [6.45, 7) is 2.65. The van der Waals surface area contributed by atoms with Crippen LogP contribution in [0.3, 0.4) is 0 Å². The van der Waals surface area contributed by atoms with E-state index in [1.54, 1.807) is 17.0 Å². The lowest BCUT2D eigenvalue weighted by atomic mass is 9.77. The highest BCUT2D eigenvalue weighted by Gasteiger charge is 2.42. The van der Waals surface area contributed by atoms with Crippen LogP contribution >= 0.6 is 23.2 Å². The summed E-state index contributed by atoms with van der Waals surface area (Å²) in [5, 5.41) is 10.2. The summed E-state index contributed by atoms with van der Waals surface area (Å²) in [7, 11) is 0. The van der Waals surface area contributed by atoms with Crippen LogP contribution in [0.2, 0.25) is 10.0 Å². The number of rotatable bonds is 3. The largest absolute Gasteiger partial charge is 0.481 e. The summed E-state index contributed by atoms with van der Waals surface area (Å²) in [5.41, 5.74) is -0.411. The number of hydrogen-bond donors (Lipinski definition) is 1. The molecular weight excluding hydrogens is 313 g/mol. The van der Waals surface area contributed by atoms with Crippen LogP contribution in [0.15, 0.2) is 18.2 Å². The fourth-order valence-corrected chi connectivity index (χ4v) is 3.03. The number of nitrogens with zero attached hydrogens (tertiary/aromatic N) is 1. The van der Waals surface area contributed by atoms with Crippen molar-refractivity contribution in [1.82, 2.24) is 4.90 Å². The summed E-state index contributed by atoms with van der Waals surface area (Å²) in [4.78, 5) is 25.7. The van der Waals surface area contributed by atoms with Crippen LogP contribution in [0.5, 0.6) is 0 Å². The quantitative estimate of drug-likeness (QED) is 0.919. The zero-order valence-electron chi connectivity index (χ0n) is 11.7. The van der Waals surface area contributed by atoms with E-state index < -0.39 is 11.4 Å². The Morgan fingerprint density at radius 1 is 1.33 bits per heavy atom. The molecule has 1 fully saturated rings. The number of carbonyl (C=O) groups excluding carboxylic acids is 1. The van der Waals surface area contributed by atoms with Crippen molar-refractivity contribution in [2.45, 2.75) is 26.2 Å². The van der Waals surface area contributed by atoms with Gasteiger partial charge in [0.15, 0.2) is 0 Å². The molecule has 1 N–H and O–H groups in total. The molecule has 1 amide bonds. The third-order valence-electron chi connectivity index (χ3n) is 4.16. The van der Waals surface area contributed by atoms with E-state index in [0.717, 1.165) is 0 Å². The van der Waals surface area contributed by atoms with Gasteiger partial charge in [0.25, 0.3) is 5.91 Å². The molecule has 0 aromatic heterocycles. The summed E-state index contributed by atoms with van der Waals surface area (Å²) in [5.74, 6) is -1.04. The van der Waals surface area contributed by atoms with Gasteiger partial charge in [-0.2, -0.15) is 0 Å². The molecule has 21 heavy (non-hydrogen) atoms. The minimum Gasteiger partial charge on any atom is -0.481 e. The second-order valence-corrected chi connectivity index (χ2v) is 6.21. The molecule has 4 nitrogen and oxygen atoms in total. The van der Waals surface area contributed by atoms with E-state index in [4.69, 9.17) is 23.2 Å². The Bertz CT molecular complexity index is 576. The van der Waals surface area contributed by atoms with E-state index in [2.05, 4.69) is 0 Å². The van der Waals surface area contributed by atoms with Crippen molar-refractivity contribution in [3.8, 4) is 0 Å². The lowest BCUT2D eigenvalue weighted by Gasteiger charge is -2.39. The maximum atomic E-state index is 12.5. The number of likely N-dealkylation sites (tertiary alicyclic amines) is 1. The maximum Gasteiger partial charge on any atom is 0.311 e. The fraction of sp³-hybridized carbons (Fsp3) is 0.467. The minimum absolute atomic E-state index is 0.202. The van der Waals surface area contributed by atoms with E-state index in [1.165, 1.54) is 6.07 Å². The standard InChI is InChI=1S/C15H17Cl2NO3/c1-2-15(14(20)21)6-3-7-18(9-15)13(19)10-4-5-11(16)12(17)8-10/h4-5,8H,2-3,6-7,9H2,1H3,(H,20,21). The Morgan fingerprint density at radius 2 is 2.05 bits per heavy atom. The third kappa shape index (κ3) is 3.16. The topological polar surface area (TPSA) is 57.6 Å². The van der Waals surface area contributed by atoms with Gasteiger partial charge in [0.2, 0.25) is 0 Å². The summed E-state index contributed by atoms with van der Waals surface area (Å²) < 4.78 is 0. The van der Waals surface area contributed by atoms with E-state index in [1.807, 2.05) is 6.92 Å². The van der Waals surface area contributed by atoms with Gasteiger partial charge in [-0.05, 0) is 37.5 Å². The second kappa shape index (κ2) is 6.24. The van der Waals surface area contributed by atoms with Crippen molar-refractivity contribution >= 4 is 35.1 Å². The van der Waals surface area contributed by atoms with Gasteiger partial charge >= 0.3 is 5.97 Å². The number of piperidine rings is 1. The number of aliphatic carboxylic acids is 1. The molecule has 1 aliphatic rings. The minimum atomic E-state index is -0.843. The molecule has 2 rings (SSSR count). The van der Waals surface area contributed by atoms with Gasteiger partial charge < -0.3 is 10.0 Å². The fourth-order valence-electron chi connectivity index (χ4n) is 2.73. The van der Waals surface area contributed by atoms with E-state index in [-0.39, 0.29) is 12.5 Å². The van der Waals surface area contributed by atoms with Crippen LogP contribution < -0.4 is 0 Å². The van der Waals surface area contributed by atoms with Gasteiger partial charge in [0.1, 0.15) is 0 Å². The first-order valence-electron chi connectivity index (χ1n) is 6.87. The van der Waals surface area contributed by atoms with Crippen LogP contribution in [0, 0.1) is 5.41 Å². The van der Waals surface area contributed by atoms with Crippen molar-refractivity contribution < 1.29 is 14.7 Å². The normalized spacial score (nSPS) is 22.1. The molecule has 0 aliphatic carbocycles. The molecule has 0 bridgehead atoms. The SMILES string of the molecule is CCC1(C(=O)O)CCCN(C(=O)c2ccc(Cl)c(Cl)c2)C1. The van der Waals surface area contributed by atoms with Crippen molar-refractivity contribution in [3.05, 3.63) is 33.8 Å². The average Bonchev–Trinajstić information content (AvgIpc) is 2.49. The molecule has 1 aromatic carbocycles. The number of carboxylic acids is 1. The number of carbonyl (C=O) groups is 2. The zero-order chi connectivity index (χ0) is 15.6. The number of hydrogen-bond acceptors (Lipinski definition) is 2. The highest BCUT2D eigenvalue weighted by atomic mass is 35.5. The Labute approximate surface area is 133 Å². The Morgan fingerprint density at radius 3 is 2.62 bits per heavy atom. The first-order chi connectivity index (χ1) is 9.89. The van der Waals surface area contributed by atoms with Crippen LogP contribution in [-0.4, -0.2) is 35.0 Å². The van der Waals surface area contributed by atoms with Crippen molar-refractivity contribution in [1.29, 1.82) is 0 Å². The molecule has 1 atom stereocenters. The second-order valence-electron chi connectivity index (χ2n) is 5.40. The van der Waals surface area contributed by atoms with Crippen LogP contribution in [0.1, 0.15) is 36.5 Å². The number of halogens is 2. The highest BCUT2D eigenvalue weighted by Crippen LogP contribution is 2.34. The molecule has 0 spiro atoms. The van der Waals surface area contributed by atoms with Crippen LogP contribution in [0.25, 0.3) is 0 Å². The van der Waals surface area contributed by atoms with Gasteiger partial charge in [0.05, 0.1) is 15.5 Å². The van der Waals surface area contributed by atoms with Crippen molar-refractivity contribution in [3.63, 3.8) is 0 Å². The monoisotopic (exact) mass is 329 g/mol. The van der Waals surface area contributed by atoms with E-state index in [0.29, 0.717) is 41.4 Å². The number of benzene rings is 1. The number of carboxylic acid groups (broad SMARTS) is 1. The van der Waals surface area contributed by atoms with Gasteiger partial charge in [-0.25, -0.2) is 0 Å². The molecule has 1 heterocycles. The third-order valence-corrected chi connectivity index (χ3v) is 4.90. The molecule has 0 radical (unpaired) electrons. The lowest BCUT2D eigenvalue weighted by molar-refractivity contribution is -0.152. The summed E-state index contributed by atoms with van der Waals surface area (Å²) in [6.07, 6.45) is 1.80.